The Bertz CT molecular complexity index is 384. The zero-order valence-corrected chi connectivity index (χ0v) is 11.9. The van der Waals surface area contributed by atoms with Crippen molar-refractivity contribution in [1.82, 2.24) is 0 Å². The van der Waals surface area contributed by atoms with E-state index in [1.165, 1.54) is 0 Å². The standard InChI is InChI=1S/C15H23NO3/c1-15(2,3)19-10-9-18-14(17)13(11-16)12-7-5-4-6-8-12/h4-8,13H,9-11,16H2,1-3H3. The lowest BCUT2D eigenvalue weighted by molar-refractivity contribution is -0.148. The second-order valence-electron chi connectivity index (χ2n) is 5.33. The van der Waals surface area contributed by atoms with E-state index >= 15 is 0 Å². The maximum Gasteiger partial charge on any atom is 0.314 e. The van der Waals surface area contributed by atoms with Gasteiger partial charge < -0.3 is 15.2 Å². The smallest absolute Gasteiger partial charge is 0.314 e. The van der Waals surface area contributed by atoms with Crippen LogP contribution in [0.4, 0.5) is 0 Å². The van der Waals surface area contributed by atoms with Crippen LogP contribution >= 0.6 is 0 Å². The highest BCUT2D eigenvalue weighted by atomic mass is 16.6. The maximum absolute atomic E-state index is 11.9. The Morgan fingerprint density at radius 1 is 1.21 bits per heavy atom. The second kappa shape index (κ2) is 7.26. The van der Waals surface area contributed by atoms with E-state index in [4.69, 9.17) is 15.2 Å². The molecule has 0 saturated heterocycles. The average Bonchev–Trinajstić information content (AvgIpc) is 2.36. The van der Waals surface area contributed by atoms with Gasteiger partial charge in [0.25, 0.3) is 0 Å². The Morgan fingerprint density at radius 2 is 1.84 bits per heavy atom. The van der Waals surface area contributed by atoms with E-state index < -0.39 is 5.92 Å². The van der Waals surface area contributed by atoms with Gasteiger partial charge in [0.1, 0.15) is 6.61 Å². The summed E-state index contributed by atoms with van der Waals surface area (Å²) < 4.78 is 10.7. The Morgan fingerprint density at radius 3 is 2.37 bits per heavy atom. The Hall–Kier alpha value is -1.39. The predicted molar refractivity (Wildman–Crippen MR) is 74.9 cm³/mol. The van der Waals surface area contributed by atoms with Crippen LogP contribution in [0.1, 0.15) is 32.3 Å². The lowest BCUT2D eigenvalue weighted by atomic mass is 10.00. The third kappa shape index (κ3) is 5.85. The highest BCUT2D eigenvalue weighted by Crippen LogP contribution is 2.16. The van der Waals surface area contributed by atoms with E-state index in [1.54, 1.807) is 0 Å². The van der Waals surface area contributed by atoms with Crippen LogP contribution in [0.2, 0.25) is 0 Å². The predicted octanol–water partition coefficient (Wildman–Crippen LogP) is 2.09. The molecule has 106 valence electrons. The highest BCUT2D eigenvalue weighted by molar-refractivity contribution is 5.78. The third-order valence-electron chi connectivity index (χ3n) is 2.58. The molecule has 0 saturated carbocycles. The van der Waals surface area contributed by atoms with Gasteiger partial charge in [-0.1, -0.05) is 30.3 Å². The summed E-state index contributed by atoms with van der Waals surface area (Å²) in [5.74, 6) is -0.706. The lowest BCUT2D eigenvalue weighted by Gasteiger charge is -2.20. The molecule has 1 atom stereocenters. The fraction of sp³-hybridized carbons (Fsp3) is 0.533. The number of hydrogen-bond acceptors (Lipinski definition) is 4. The van der Waals surface area contributed by atoms with Crippen LogP contribution in [0.3, 0.4) is 0 Å². The van der Waals surface area contributed by atoms with Gasteiger partial charge in [-0.2, -0.15) is 0 Å². The summed E-state index contributed by atoms with van der Waals surface area (Å²) in [7, 11) is 0. The lowest BCUT2D eigenvalue weighted by Crippen LogP contribution is -2.27. The summed E-state index contributed by atoms with van der Waals surface area (Å²) in [6, 6.07) is 9.43. The maximum atomic E-state index is 11.9. The molecule has 0 heterocycles. The van der Waals surface area contributed by atoms with Crippen molar-refractivity contribution in [3.8, 4) is 0 Å². The minimum absolute atomic E-state index is 0.223. The SMILES string of the molecule is CC(C)(C)OCCOC(=O)C(CN)c1ccccc1. The Labute approximate surface area is 114 Å². The van der Waals surface area contributed by atoms with E-state index in [-0.39, 0.29) is 24.7 Å². The first kappa shape index (κ1) is 15.7. The molecule has 0 bridgehead atoms. The van der Waals surface area contributed by atoms with Crippen molar-refractivity contribution in [2.75, 3.05) is 19.8 Å². The molecule has 4 heteroatoms. The van der Waals surface area contributed by atoms with Gasteiger partial charge in [0, 0.05) is 6.54 Å². The van der Waals surface area contributed by atoms with Crippen molar-refractivity contribution in [3.05, 3.63) is 35.9 Å². The van der Waals surface area contributed by atoms with Crippen LogP contribution in [0.25, 0.3) is 0 Å². The normalized spacial score (nSPS) is 13.1. The number of ether oxygens (including phenoxy) is 2. The first-order valence-corrected chi connectivity index (χ1v) is 6.49. The highest BCUT2D eigenvalue weighted by Gasteiger charge is 2.20. The fourth-order valence-corrected chi connectivity index (χ4v) is 1.64. The van der Waals surface area contributed by atoms with E-state index in [0.29, 0.717) is 6.61 Å². The van der Waals surface area contributed by atoms with Crippen molar-refractivity contribution in [2.45, 2.75) is 32.3 Å². The van der Waals surface area contributed by atoms with Gasteiger partial charge in [-0.05, 0) is 26.3 Å². The van der Waals surface area contributed by atoms with Crippen molar-refractivity contribution in [1.29, 1.82) is 0 Å². The molecular formula is C15H23NO3. The van der Waals surface area contributed by atoms with Crippen LogP contribution in [-0.2, 0) is 14.3 Å². The molecule has 0 amide bonds. The number of rotatable bonds is 6. The minimum Gasteiger partial charge on any atom is -0.463 e. The average molecular weight is 265 g/mol. The van der Waals surface area contributed by atoms with Crippen LogP contribution in [0.5, 0.6) is 0 Å². The number of carbonyl (C=O) groups is 1. The molecule has 0 aliphatic carbocycles. The molecule has 0 fully saturated rings. The van der Waals surface area contributed by atoms with Gasteiger partial charge in [-0.3, -0.25) is 4.79 Å². The van der Waals surface area contributed by atoms with Crippen LogP contribution in [-0.4, -0.2) is 31.3 Å². The summed E-state index contributed by atoms with van der Waals surface area (Å²) >= 11 is 0. The number of hydrogen-bond donors (Lipinski definition) is 1. The topological polar surface area (TPSA) is 61.5 Å². The minimum atomic E-state index is -0.407. The molecule has 0 aliphatic heterocycles. The summed E-state index contributed by atoms with van der Waals surface area (Å²) in [5.41, 5.74) is 6.31. The van der Waals surface area contributed by atoms with Gasteiger partial charge in [0.15, 0.2) is 0 Å². The molecule has 2 N–H and O–H groups in total. The van der Waals surface area contributed by atoms with Crippen molar-refractivity contribution >= 4 is 5.97 Å². The summed E-state index contributed by atoms with van der Waals surface area (Å²) in [4.78, 5) is 11.9. The van der Waals surface area contributed by atoms with Crippen molar-refractivity contribution < 1.29 is 14.3 Å². The number of benzene rings is 1. The summed E-state index contributed by atoms with van der Waals surface area (Å²) in [6.45, 7) is 6.76. The van der Waals surface area contributed by atoms with Gasteiger partial charge in [-0.15, -0.1) is 0 Å². The monoisotopic (exact) mass is 265 g/mol. The zero-order chi connectivity index (χ0) is 14.3. The second-order valence-corrected chi connectivity index (χ2v) is 5.33. The van der Waals surface area contributed by atoms with E-state index in [0.717, 1.165) is 5.56 Å². The van der Waals surface area contributed by atoms with Gasteiger partial charge in [0.05, 0.1) is 18.1 Å². The quantitative estimate of drug-likeness (QED) is 0.632. The van der Waals surface area contributed by atoms with Gasteiger partial charge >= 0.3 is 5.97 Å². The molecule has 0 radical (unpaired) electrons. The molecular weight excluding hydrogens is 242 g/mol. The molecule has 4 nitrogen and oxygen atoms in total. The molecule has 1 aromatic carbocycles. The zero-order valence-electron chi connectivity index (χ0n) is 11.9. The van der Waals surface area contributed by atoms with E-state index in [1.807, 2.05) is 51.1 Å². The molecule has 0 aromatic heterocycles. The number of carbonyl (C=O) groups excluding carboxylic acids is 1. The number of esters is 1. The third-order valence-corrected chi connectivity index (χ3v) is 2.58. The fourth-order valence-electron chi connectivity index (χ4n) is 1.64. The first-order valence-electron chi connectivity index (χ1n) is 6.49. The van der Waals surface area contributed by atoms with Crippen LogP contribution < -0.4 is 5.73 Å². The summed E-state index contributed by atoms with van der Waals surface area (Å²) in [6.07, 6.45) is 0. The van der Waals surface area contributed by atoms with Crippen LogP contribution in [0.15, 0.2) is 30.3 Å². The van der Waals surface area contributed by atoms with Crippen molar-refractivity contribution in [2.24, 2.45) is 5.73 Å². The summed E-state index contributed by atoms with van der Waals surface area (Å²) in [5, 5.41) is 0. The Kier molecular flexibility index (Phi) is 5.99. The molecule has 0 aliphatic rings. The molecule has 1 aromatic rings. The molecule has 0 spiro atoms. The van der Waals surface area contributed by atoms with Crippen LogP contribution in [0, 0.1) is 0 Å². The molecule has 1 rings (SSSR count). The van der Waals surface area contributed by atoms with E-state index in [2.05, 4.69) is 0 Å². The molecule has 1 unspecified atom stereocenters. The number of nitrogens with two attached hydrogens (primary N) is 1. The first-order chi connectivity index (χ1) is 8.94. The van der Waals surface area contributed by atoms with Gasteiger partial charge in [-0.25, -0.2) is 0 Å². The van der Waals surface area contributed by atoms with Crippen molar-refractivity contribution in [3.63, 3.8) is 0 Å². The molecule has 19 heavy (non-hydrogen) atoms. The van der Waals surface area contributed by atoms with Gasteiger partial charge in [0.2, 0.25) is 0 Å². The largest absolute Gasteiger partial charge is 0.463 e. The Balaban J connectivity index is 2.43. The van der Waals surface area contributed by atoms with E-state index in [9.17, 15) is 4.79 Å².